The van der Waals surface area contributed by atoms with E-state index in [1.54, 1.807) is 4.57 Å². The monoisotopic (exact) mass is 328 g/mol. The predicted molar refractivity (Wildman–Crippen MR) is 95.1 cm³/mol. The average molecular weight is 328 g/mol. The fraction of sp³-hybridized carbons (Fsp3) is 0.353. The lowest BCUT2D eigenvalue weighted by Gasteiger charge is -2.12. The van der Waals surface area contributed by atoms with Crippen LogP contribution in [-0.2, 0) is 20.6 Å². The van der Waals surface area contributed by atoms with Crippen LogP contribution in [0.3, 0.4) is 0 Å². The molecule has 0 atom stereocenters. The van der Waals surface area contributed by atoms with Crippen molar-refractivity contribution in [1.82, 2.24) is 18.7 Å². The number of benzene rings is 1. The second kappa shape index (κ2) is 5.77. The molecule has 0 radical (unpaired) electrons. The van der Waals surface area contributed by atoms with Crippen molar-refractivity contribution in [2.24, 2.45) is 20.0 Å². The fourth-order valence-corrected chi connectivity index (χ4v) is 3.06. The van der Waals surface area contributed by atoms with Gasteiger partial charge in [-0.25, -0.2) is 4.98 Å². The summed E-state index contributed by atoms with van der Waals surface area (Å²) < 4.78 is 5.85. The Kier molecular flexibility index (Phi) is 3.93. The van der Waals surface area contributed by atoms with E-state index in [1.807, 2.05) is 53.6 Å². The highest BCUT2D eigenvalue weighted by Gasteiger charge is 2.18. The van der Waals surface area contributed by atoms with Gasteiger partial charge in [0.05, 0.1) is 0 Å². The topological polar surface area (TPSA) is 44.8 Å². The van der Waals surface area contributed by atoms with Crippen molar-refractivity contribution >= 4 is 23.4 Å². The van der Waals surface area contributed by atoms with Crippen LogP contribution in [0.2, 0.25) is 0 Å². The highest BCUT2D eigenvalue weighted by Crippen LogP contribution is 2.21. The van der Waals surface area contributed by atoms with Crippen molar-refractivity contribution in [1.29, 1.82) is 0 Å². The lowest BCUT2D eigenvalue weighted by Crippen LogP contribution is -2.27. The van der Waals surface area contributed by atoms with Gasteiger partial charge in [-0.2, -0.15) is 0 Å². The standard InChI is InChI=1S/C17H20N4OS/c1-11(2)10-21-16(22)13-15(20(4)17(21)23)18-14(19(13)3)12-8-6-5-7-9-12/h5-9,11H,10H2,1-4H3. The number of rotatable bonds is 3. The molecule has 3 rings (SSSR count). The molecule has 6 heteroatoms. The third kappa shape index (κ3) is 2.53. The van der Waals surface area contributed by atoms with Crippen molar-refractivity contribution in [2.45, 2.75) is 20.4 Å². The molecule has 120 valence electrons. The predicted octanol–water partition coefficient (Wildman–Crippen LogP) is 3.13. The van der Waals surface area contributed by atoms with E-state index in [9.17, 15) is 4.79 Å². The van der Waals surface area contributed by atoms with Crippen molar-refractivity contribution in [2.75, 3.05) is 0 Å². The molecule has 0 N–H and O–H groups in total. The Morgan fingerprint density at radius 3 is 2.39 bits per heavy atom. The zero-order chi connectivity index (χ0) is 16.7. The summed E-state index contributed by atoms with van der Waals surface area (Å²) >= 11 is 5.47. The molecule has 23 heavy (non-hydrogen) atoms. The Morgan fingerprint density at radius 2 is 1.78 bits per heavy atom. The molecule has 1 aromatic carbocycles. The van der Waals surface area contributed by atoms with Crippen LogP contribution >= 0.6 is 12.2 Å². The second-order valence-corrected chi connectivity index (χ2v) is 6.55. The number of aromatic nitrogens is 4. The van der Waals surface area contributed by atoms with Gasteiger partial charge in [0.2, 0.25) is 0 Å². The Labute approximate surface area is 139 Å². The van der Waals surface area contributed by atoms with Gasteiger partial charge in [-0.1, -0.05) is 44.2 Å². The molecule has 0 fully saturated rings. The minimum absolute atomic E-state index is 0.0750. The summed E-state index contributed by atoms with van der Waals surface area (Å²) in [7, 11) is 3.74. The second-order valence-electron chi connectivity index (χ2n) is 6.18. The van der Waals surface area contributed by atoms with Gasteiger partial charge >= 0.3 is 0 Å². The van der Waals surface area contributed by atoms with Crippen molar-refractivity contribution in [3.05, 3.63) is 45.5 Å². The van der Waals surface area contributed by atoms with E-state index in [0.29, 0.717) is 28.4 Å². The first kappa shape index (κ1) is 15.7. The molecule has 0 spiro atoms. The molecular formula is C17H20N4OS. The van der Waals surface area contributed by atoms with Crippen molar-refractivity contribution in [3.8, 4) is 11.4 Å². The Hall–Kier alpha value is -2.21. The lowest BCUT2D eigenvalue weighted by molar-refractivity contribution is 0.493. The molecule has 2 heterocycles. The van der Waals surface area contributed by atoms with E-state index in [0.717, 1.165) is 11.4 Å². The van der Waals surface area contributed by atoms with Gasteiger partial charge in [0.25, 0.3) is 5.56 Å². The molecule has 0 aliphatic carbocycles. The summed E-state index contributed by atoms with van der Waals surface area (Å²) in [5.74, 6) is 1.11. The maximum absolute atomic E-state index is 12.9. The highest BCUT2D eigenvalue weighted by atomic mass is 32.1. The van der Waals surface area contributed by atoms with Gasteiger partial charge in [0.1, 0.15) is 5.82 Å². The van der Waals surface area contributed by atoms with Crippen LogP contribution in [0.25, 0.3) is 22.6 Å². The van der Waals surface area contributed by atoms with E-state index in [1.165, 1.54) is 0 Å². The third-order valence-electron chi connectivity index (χ3n) is 3.94. The molecular weight excluding hydrogens is 308 g/mol. The molecule has 0 unspecified atom stereocenters. The zero-order valence-corrected chi connectivity index (χ0v) is 14.6. The first-order valence-electron chi connectivity index (χ1n) is 7.63. The van der Waals surface area contributed by atoms with Crippen molar-refractivity contribution < 1.29 is 0 Å². The van der Waals surface area contributed by atoms with E-state index < -0.39 is 0 Å². The summed E-state index contributed by atoms with van der Waals surface area (Å²) in [6, 6.07) is 9.86. The largest absolute Gasteiger partial charge is 0.321 e. The smallest absolute Gasteiger partial charge is 0.280 e. The minimum Gasteiger partial charge on any atom is -0.321 e. The first-order chi connectivity index (χ1) is 10.9. The van der Waals surface area contributed by atoms with E-state index >= 15 is 0 Å². The van der Waals surface area contributed by atoms with Crippen LogP contribution in [0.5, 0.6) is 0 Å². The van der Waals surface area contributed by atoms with Gasteiger partial charge < -0.3 is 9.13 Å². The van der Waals surface area contributed by atoms with E-state index in [2.05, 4.69) is 18.8 Å². The number of hydrogen-bond acceptors (Lipinski definition) is 3. The minimum atomic E-state index is -0.0750. The number of fused-ring (bicyclic) bond motifs is 1. The number of nitrogens with zero attached hydrogens (tertiary/aromatic N) is 4. The van der Waals surface area contributed by atoms with Crippen LogP contribution in [0, 0.1) is 10.7 Å². The summed E-state index contributed by atoms with van der Waals surface area (Å²) in [6.07, 6.45) is 0. The van der Waals surface area contributed by atoms with Crippen LogP contribution < -0.4 is 5.56 Å². The quantitative estimate of drug-likeness (QED) is 0.694. The molecule has 0 saturated carbocycles. The number of aryl methyl sites for hydroxylation is 2. The molecule has 0 amide bonds. The van der Waals surface area contributed by atoms with Gasteiger partial charge in [-0.15, -0.1) is 0 Å². The molecule has 0 aliphatic heterocycles. The summed E-state index contributed by atoms with van der Waals surface area (Å²) in [5.41, 5.74) is 2.11. The number of imidazole rings is 1. The van der Waals surface area contributed by atoms with Crippen LogP contribution in [0.15, 0.2) is 35.1 Å². The molecule has 0 saturated heterocycles. The maximum Gasteiger partial charge on any atom is 0.280 e. The summed E-state index contributed by atoms with van der Waals surface area (Å²) in [6.45, 7) is 4.75. The van der Waals surface area contributed by atoms with E-state index in [-0.39, 0.29) is 5.56 Å². The SMILES string of the molecule is CC(C)Cn1c(=O)c2c(nc(-c3ccccc3)n2C)n(C)c1=S. The van der Waals surface area contributed by atoms with Crippen LogP contribution in [-0.4, -0.2) is 18.7 Å². The van der Waals surface area contributed by atoms with Gasteiger partial charge in [0, 0.05) is 26.2 Å². The molecule has 3 aromatic rings. The fourth-order valence-electron chi connectivity index (χ4n) is 2.82. The molecule has 5 nitrogen and oxygen atoms in total. The Morgan fingerprint density at radius 1 is 1.13 bits per heavy atom. The van der Waals surface area contributed by atoms with Gasteiger partial charge in [-0.3, -0.25) is 9.36 Å². The highest BCUT2D eigenvalue weighted by molar-refractivity contribution is 7.71. The summed E-state index contributed by atoms with van der Waals surface area (Å²) in [4.78, 5) is 17.6. The normalized spacial score (nSPS) is 11.5. The van der Waals surface area contributed by atoms with Gasteiger partial charge in [0.15, 0.2) is 15.9 Å². The summed E-state index contributed by atoms with van der Waals surface area (Å²) in [5, 5.41) is 0. The maximum atomic E-state index is 12.9. The zero-order valence-electron chi connectivity index (χ0n) is 13.8. The lowest BCUT2D eigenvalue weighted by atomic mass is 10.2. The first-order valence-corrected chi connectivity index (χ1v) is 8.04. The average Bonchev–Trinajstić information content (AvgIpc) is 2.88. The van der Waals surface area contributed by atoms with Crippen LogP contribution in [0.1, 0.15) is 13.8 Å². The number of hydrogen-bond donors (Lipinski definition) is 0. The molecule has 0 aliphatic rings. The van der Waals surface area contributed by atoms with E-state index in [4.69, 9.17) is 12.2 Å². The van der Waals surface area contributed by atoms with Crippen molar-refractivity contribution in [3.63, 3.8) is 0 Å². The molecule has 2 aromatic heterocycles. The molecule has 0 bridgehead atoms. The third-order valence-corrected chi connectivity index (χ3v) is 4.43. The van der Waals surface area contributed by atoms with Crippen LogP contribution in [0.4, 0.5) is 0 Å². The Bertz CT molecular complexity index is 980. The van der Waals surface area contributed by atoms with Gasteiger partial charge in [-0.05, 0) is 18.1 Å². The Balaban J connectivity index is 2.38.